The molecule has 4 rings (SSSR count). The molecular formula is C17H19N5OS. The third-order valence-electron chi connectivity index (χ3n) is 4.57. The first-order chi connectivity index (χ1) is 11.8. The van der Waals surface area contributed by atoms with Crippen molar-refractivity contribution in [2.24, 2.45) is 5.10 Å². The zero-order chi connectivity index (χ0) is 16.4. The molecule has 124 valence electrons. The summed E-state index contributed by atoms with van der Waals surface area (Å²) in [6.45, 7) is 0. The fourth-order valence-corrected chi connectivity index (χ4v) is 4.26. The second kappa shape index (κ2) is 6.76. The van der Waals surface area contributed by atoms with E-state index in [0.717, 1.165) is 28.8 Å². The van der Waals surface area contributed by atoms with Crippen molar-refractivity contribution in [3.63, 3.8) is 0 Å². The number of fused-ring (bicyclic) bond motifs is 1. The fraction of sp³-hybridized carbons (Fsp3) is 0.412. The molecule has 0 spiro atoms. The zero-order valence-electron chi connectivity index (χ0n) is 13.3. The van der Waals surface area contributed by atoms with E-state index in [9.17, 15) is 4.79 Å². The van der Waals surface area contributed by atoms with E-state index >= 15 is 0 Å². The van der Waals surface area contributed by atoms with Gasteiger partial charge in [0, 0.05) is 16.8 Å². The number of amides is 1. The molecule has 1 aliphatic carbocycles. The van der Waals surface area contributed by atoms with Crippen LogP contribution in [0.1, 0.15) is 32.1 Å². The quantitative estimate of drug-likeness (QED) is 0.868. The number of benzene rings is 1. The number of amidine groups is 1. The van der Waals surface area contributed by atoms with Gasteiger partial charge in [-0.1, -0.05) is 55.3 Å². The molecule has 2 heterocycles. The Hall–Kier alpha value is -2.15. The molecule has 2 fully saturated rings. The van der Waals surface area contributed by atoms with E-state index < -0.39 is 0 Å². The smallest absolute Gasteiger partial charge is 0.239 e. The van der Waals surface area contributed by atoms with Gasteiger partial charge in [-0.15, -0.1) is 10.2 Å². The standard InChI is InChI=1S/C17H19N5OS/c23-15-11-24-17(22(15)13-7-2-1-3-8-13)21-20-16-14-9-5-4-6-12(14)10-18-19-16/h4-6,9-10,13H,1-3,7-8,11H2,(H,19,20)/b21-17+. The number of anilines is 1. The highest BCUT2D eigenvalue weighted by atomic mass is 32.2. The van der Waals surface area contributed by atoms with Crippen molar-refractivity contribution in [2.45, 2.75) is 38.1 Å². The Balaban J connectivity index is 1.58. The lowest BCUT2D eigenvalue weighted by atomic mass is 9.94. The Morgan fingerprint density at radius 2 is 2.04 bits per heavy atom. The third kappa shape index (κ3) is 2.96. The molecule has 24 heavy (non-hydrogen) atoms. The lowest BCUT2D eigenvalue weighted by Gasteiger charge is -2.30. The number of carbonyl (C=O) groups is 1. The van der Waals surface area contributed by atoms with Gasteiger partial charge < -0.3 is 0 Å². The highest BCUT2D eigenvalue weighted by Gasteiger charge is 2.35. The number of hydrazone groups is 1. The maximum atomic E-state index is 12.3. The van der Waals surface area contributed by atoms with E-state index in [-0.39, 0.29) is 5.91 Å². The van der Waals surface area contributed by atoms with Gasteiger partial charge in [0.1, 0.15) is 0 Å². The molecule has 7 heteroatoms. The van der Waals surface area contributed by atoms with Crippen LogP contribution in [0.25, 0.3) is 10.8 Å². The molecule has 1 aliphatic heterocycles. The molecule has 0 bridgehead atoms. The van der Waals surface area contributed by atoms with Crippen LogP contribution in [0.2, 0.25) is 0 Å². The summed E-state index contributed by atoms with van der Waals surface area (Å²) in [6, 6.07) is 8.20. The van der Waals surface area contributed by atoms with Crippen molar-refractivity contribution >= 4 is 39.4 Å². The van der Waals surface area contributed by atoms with Gasteiger partial charge in [-0.05, 0) is 12.8 Å². The van der Waals surface area contributed by atoms with E-state index in [4.69, 9.17) is 0 Å². The number of hydrogen-bond acceptors (Lipinski definition) is 6. The molecule has 1 saturated heterocycles. The molecule has 1 aromatic heterocycles. The van der Waals surface area contributed by atoms with Gasteiger partial charge in [0.15, 0.2) is 11.0 Å². The molecule has 6 nitrogen and oxygen atoms in total. The minimum Gasteiger partial charge on any atom is -0.286 e. The number of aromatic nitrogens is 2. The molecular weight excluding hydrogens is 322 g/mol. The second-order valence-electron chi connectivity index (χ2n) is 6.13. The average molecular weight is 341 g/mol. The average Bonchev–Trinajstić information content (AvgIpc) is 3.01. The minimum atomic E-state index is 0.163. The number of carbonyl (C=O) groups excluding carboxylic acids is 1. The van der Waals surface area contributed by atoms with E-state index in [2.05, 4.69) is 20.7 Å². The summed E-state index contributed by atoms with van der Waals surface area (Å²) < 4.78 is 0. The summed E-state index contributed by atoms with van der Waals surface area (Å²) in [5.74, 6) is 1.25. The number of nitrogens with one attached hydrogen (secondary N) is 1. The van der Waals surface area contributed by atoms with Crippen LogP contribution >= 0.6 is 11.8 Å². The summed E-state index contributed by atoms with van der Waals surface area (Å²) in [6.07, 6.45) is 7.51. The Bertz CT molecular complexity index is 782. The van der Waals surface area contributed by atoms with Crippen molar-refractivity contribution in [3.05, 3.63) is 30.5 Å². The zero-order valence-corrected chi connectivity index (χ0v) is 14.1. The van der Waals surface area contributed by atoms with Gasteiger partial charge in [0.25, 0.3) is 0 Å². The maximum absolute atomic E-state index is 12.3. The number of hydrogen-bond donors (Lipinski definition) is 1. The predicted octanol–water partition coefficient (Wildman–Crippen LogP) is 3.22. The topological polar surface area (TPSA) is 70.5 Å². The summed E-state index contributed by atoms with van der Waals surface area (Å²) in [5.41, 5.74) is 3.02. The highest BCUT2D eigenvalue weighted by molar-refractivity contribution is 8.15. The third-order valence-corrected chi connectivity index (χ3v) is 5.50. The van der Waals surface area contributed by atoms with Crippen LogP contribution in [0.4, 0.5) is 5.82 Å². The van der Waals surface area contributed by atoms with Crippen LogP contribution in [-0.4, -0.2) is 38.0 Å². The van der Waals surface area contributed by atoms with Gasteiger partial charge in [-0.3, -0.25) is 15.1 Å². The highest BCUT2D eigenvalue weighted by Crippen LogP contribution is 2.30. The van der Waals surface area contributed by atoms with Gasteiger partial charge in [-0.25, -0.2) is 0 Å². The monoisotopic (exact) mass is 341 g/mol. The molecule has 0 radical (unpaired) electrons. The summed E-state index contributed by atoms with van der Waals surface area (Å²) in [4.78, 5) is 14.2. The van der Waals surface area contributed by atoms with Crippen molar-refractivity contribution < 1.29 is 4.79 Å². The fourth-order valence-electron chi connectivity index (χ4n) is 3.37. The van der Waals surface area contributed by atoms with E-state index in [1.165, 1.54) is 31.0 Å². The molecule has 0 unspecified atom stereocenters. The van der Waals surface area contributed by atoms with Gasteiger partial charge >= 0.3 is 0 Å². The van der Waals surface area contributed by atoms with Gasteiger partial charge in [0.05, 0.1) is 11.9 Å². The molecule has 1 aromatic carbocycles. The van der Waals surface area contributed by atoms with Crippen LogP contribution in [0, 0.1) is 0 Å². The van der Waals surface area contributed by atoms with Crippen molar-refractivity contribution in [2.75, 3.05) is 11.2 Å². The Morgan fingerprint density at radius 1 is 1.21 bits per heavy atom. The SMILES string of the molecule is O=C1CS/C(=N/Nc2nncc3ccccc23)N1C1CCCCC1. The first-order valence-electron chi connectivity index (χ1n) is 8.32. The van der Waals surface area contributed by atoms with Crippen LogP contribution in [0.3, 0.4) is 0 Å². The van der Waals surface area contributed by atoms with E-state index in [1.807, 2.05) is 29.2 Å². The maximum Gasteiger partial charge on any atom is 0.239 e. The van der Waals surface area contributed by atoms with Crippen molar-refractivity contribution in [3.8, 4) is 0 Å². The van der Waals surface area contributed by atoms with Gasteiger partial charge in [0.2, 0.25) is 5.91 Å². The lowest BCUT2D eigenvalue weighted by molar-refractivity contribution is -0.126. The molecule has 0 atom stereocenters. The number of rotatable bonds is 3. The van der Waals surface area contributed by atoms with E-state index in [1.54, 1.807) is 6.20 Å². The first-order valence-corrected chi connectivity index (χ1v) is 9.30. The van der Waals surface area contributed by atoms with Crippen LogP contribution in [0.5, 0.6) is 0 Å². The van der Waals surface area contributed by atoms with Gasteiger partial charge in [-0.2, -0.15) is 5.10 Å². The van der Waals surface area contributed by atoms with Crippen LogP contribution in [0.15, 0.2) is 35.6 Å². The summed E-state index contributed by atoms with van der Waals surface area (Å²) in [7, 11) is 0. The summed E-state index contributed by atoms with van der Waals surface area (Å²) >= 11 is 1.49. The summed E-state index contributed by atoms with van der Waals surface area (Å²) in [5, 5.41) is 15.4. The normalized spacial score (nSPS) is 20.9. The molecule has 1 N–H and O–H groups in total. The van der Waals surface area contributed by atoms with Crippen molar-refractivity contribution in [1.82, 2.24) is 15.1 Å². The Kier molecular flexibility index (Phi) is 4.34. The lowest BCUT2D eigenvalue weighted by Crippen LogP contribution is -2.41. The molecule has 2 aromatic rings. The van der Waals surface area contributed by atoms with Crippen LogP contribution in [-0.2, 0) is 4.79 Å². The Labute approximate surface area is 144 Å². The largest absolute Gasteiger partial charge is 0.286 e. The molecule has 1 amide bonds. The predicted molar refractivity (Wildman–Crippen MR) is 96.8 cm³/mol. The molecule has 1 saturated carbocycles. The second-order valence-corrected chi connectivity index (χ2v) is 7.07. The van der Waals surface area contributed by atoms with E-state index in [0.29, 0.717) is 17.6 Å². The minimum absolute atomic E-state index is 0.163. The Morgan fingerprint density at radius 3 is 2.92 bits per heavy atom. The first kappa shape index (κ1) is 15.4. The number of thioether (sulfide) groups is 1. The number of nitrogens with zero attached hydrogens (tertiary/aromatic N) is 4. The van der Waals surface area contributed by atoms with Crippen molar-refractivity contribution in [1.29, 1.82) is 0 Å². The van der Waals surface area contributed by atoms with Crippen LogP contribution < -0.4 is 5.43 Å². The molecule has 2 aliphatic rings.